The van der Waals surface area contributed by atoms with Crippen molar-refractivity contribution in [2.24, 2.45) is 5.41 Å². The number of aromatic carboxylic acids is 2. The van der Waals surface area contributed by atoms with Crippen LogP contribution in [0.2, 0.25) is 0 Å². The van der Waals surface area contributed by atoms with Crippen LogP contribution in [0.15, 0.2) is 24.3 Å². The Labute approximate surface area is 167 Å². The fraction of sp³-hybridized carbons (Fsp3) is 0.636. The zero-order chi connectivity index (χ0) is 20.8. The molecular weight excluding hydrogens is 360 g/mol. The molecule has 0 radical (unpaired) electrons. The molecule has 28 heavy (non-hydrogen) atoms. The van der Waals surface area contributed by atoms with Crippen molar-refractivity contribution in [2.75, 3.05) is 13.2 Å². The lowest BCUT2D eigenvalue weighted by Gasteiger charge is -2.33. The number of hydrogen-bond acceptors (Lipinski definition) is 4. The molecule has 2 saturated carbocycles. The van der Waals surface area contributed by atoms with Crippen molar-refractivity contribution >= 4 is 11.9 Å². The largest absolute Gasteiger partial charge is 0.478 e. The Morgan fingerprint density at radius 2 is 0.929 bits per heavy atom. The number of aliphatic hydroxyl groups excluding tert-OH is 2. The first-order chi connectivity index (χ1) is 13.4. The van der Waals surface area contributed by atoms with Gasteiger partial charge in [0.1, 0.15) is 0 Å². The van der Waals surface area contributed by atoms with E-state index in [-0.39, 0.29) is 29.8 Å². The van der Waals surface area contributed by atoms with Crippen LogP contribution in [-0.4, -0.2) is 45.6 Å². The van der Waals surface area contributed by atoms with Crippen LogP contribution in [0.5, 0.6) is 0 Å². The minimum Gasteiger partial charge on any atom is -0.478 e. The van der Waals surface area contributed by atoms with E-state index in [1.807, 2.05) is 0 Å². The van der Waals surface area contributed by atoms with Gasteiger partial charge in [-0.3, -0.25) is 0 Å². The van der Waals surface area contributed by atoms with Crippen molar-refractivity contribution < 1.29 is 30.0 Å². The van der Waals surface area contributed by atoms with Gasteiger partial charge >= 0.3 is 11.9 Å². The number of rotatable bonds is 4. The highest BCUT2D eigenvalue weighted by atomic mass is 16.4. The van der Waals surface area contributed by atoms with E-state index in [9.17, 15) is 9.59 Å². The van der Waals surface area contributed by atoms with Crippen LogP contribution in [0.4, 0.5) is 0 Å². The molecule has 1 aromatic carbocycles. The van der Waals surface area contributed by atoms with Crippen LogP contribution >= 0.6 is 0 Å². The maximum absolute atomic E-state index is 10.3. The zero-order valence-electron chi connectivity index (χ0n) is 16.6. The van der Waals surface area contributed by atoms with E-state index >= 15 is 0 Å². The molecule has 0 atom stereocenters. The van der Waals surface area contributed by atoms with E-state index in [1.165, 1.54) is 82.1 Å². The summed E-state index contributed by atoms with van der Waals surface area (Å²) in [5.41, 5.74) is 0.0399. The Hall–Kier alpha value is -1.92. The highest BCUT2D eigenvalue weighted by Gasteiger charge is 2.30. The lowest BCUT2D eigenvalue weighted by Crippen LogP contribution is -2.31. The average molecular weight is 395 g/mol. The van der Waals surface area contributed by atoms with E-state index in [1.54, 1.807) is 0 Å². The number of carbonyl (C=O) groups is 2. The van der Waals surface area contributed by atoms with Gasteiger partial charge < -0.3 is 20.4 Å². The Morgan fingerprint density at radius 1 is 0.643 bits per heavy atom. The highest BCUT2D eigenvalue weighted by Crippen LogP contribution is 2.34. The van der Waals surface area contributed by atoms with E-state index in [0.717, 1.165) is 12.8 Å². The summed E-state index contributed by atoms with van der Waals surface area (Å²) in [6, 6.07) is 5.02. The lowest BCUT2D eigenvalue weighted by atomic mass is 9.75. The molecule has 6 nitrogen and oxygen atoms in total. The van der Waals surface area contributed by atoms with Gasteiger partial charge in [0, 0.05) is 5.41 Å². The predicted molar refractivity (Wildman–Crippen MR) is 108 cm³/mol. The Bertz CT molecular complexity index is 521. The molecule has 2 fully saturated rings. The summed E-state index contributed by atoms with van der Waals surface area (Å²) in [6.45, 7) is 0.312. The standard InChI is InChI=1S/C8H6O4.C8H16O2.C6H12/c9-7(10)5-1-2-6(4-3-5)8(11)12;9-6-8(7-10)4-2-1-3-5-8;1-2-4-6-5-3-1/h1-4H,(H,9,10)(H,11,12);9-10H,1-7H2;1-6H2. The molecule has 0 amide bonds. The van der Waals surface area contributed by atoms with Crippen molar-refractivity contribution in [1.82, 2.24) is 0 Å². The maximum atomic E-state index is 10.3. The Kier molecular flexibility index (Phi) is 11.4. The first-order valence-corrected chi connectivity index (χ1v) is 10.2. The Morgan fingerprint density at radius 3 is 1.14 bits per heavy atom. The molecule has 3 rings (SSSR count). The summed E-state index contributed by atoms with van der Waals surface area (Å²) >= 11 is 0. The van der Waals surface area contributed by atoms with Crippen LogP contribution in [-0.2, 0) is 0 Å². The summed E-state index contributed by atoms with van der Waals surface area (Å²) in [6.07, 6.45) is 14.6. The van der Waals surface area contributed by atoms with Crippen LogP contribution in [0, 0.1) is 5.41 Å². The molecule has 0 heterocycles. The van der Waals surface area contributed by atoms with Gasteiger partial charge in [0.05, 0.1) is 24.3 Å². The fourth-order valence-corrected chi connectivity index (χ4v) is 3.48. The van der Waals surface area contributed by atoms with Gasteiger partial charge in [0.15, 0.2) is 0 Å². The van der Waals surface area contributed by atoms with Gasteiger partial charge in [-0.15, -0.1) is 0 Å². The van der Waals surface area contributed by atoms with Gasteiger partial charge in [0.25, 0.3) is 0 Å². The molecule has 2 aliphatic carbocycles. The van der Waals surface area contributed by atoms with Gasteiger partial charge in [-0.05, 0) is 37.1 Å². The van der Waals surface area contributed by atoms with Crippen molar-refractivity contribution in [2.45, 2.75) is 70.6 Å². The third-order valence-electron chi connectivity index (χ3n) is 5.46. The Balaban J connectivity index is 0.000000221. The van der Waals surface area contributed by atoms with Crippen molar-refractivity contribution in [3.8, 4) is 0 Å². The molecule has 0 spiro atoms. The summed E-state index contributed by atoms with van der Waals surface area (Å²) in [5.74, 6) is -2.13. The monoisotopic (exact) mass is 394 g/mol. The topological polar surface area (TPSA) is 115 Å². The molecular formula is C22H34O6. The molecule has 4 N–H and O–H groups in total. The lowest BCUT2D eigenvalue weighted by molar-refractivity contribution is 0.0234. The van der Waals surface area contributed by atoms with Gasteiger partial charge in [-0.2, -0.15) is 0 Å². The molecule has 0 aliphatic heterocycles. The van der Waals surface area contributed by atoms with Crippen LogP contribution in [0.25, 0.3) is 0 Å². The minimum absolute atomic E-state index is 0.0833. The third-order valence-corrected chi connectivity index (χ3v) is 5.46. The number of benzene rings is 1. The molecule has 0 aromatic heterocycles. The van der Waals surface area contributed by atoms with Crippen LogP contribution in [0.1, 0.15) is 91.3 Å². The van der Waals surface area contributed by atoms with E-state index in [2.05, 4.69) is 0 Å². The summed E-state index contributed by atoms with van der Waals surface area (Å²) < 4.78 is 0. The van der Waals surface area contributed by atoms with Gasteiger partial charge in [-0.25, -0.2) is 9.59 Å². The summed E-state index contributed by atoms with van der Waals surface area (Å²) in [7, 11) is 0. The van der Waals surface area contributed by atoms with E-state index in [0.29, 0.717) is 0 Å². The summed E-state index contributed by atoms with van der Waals surface area (Å²) in [5, 5.41) is 34.9. The van der Waals surface area contributed by atoms with Gasteiger partial charge in [0.2, 0.25) is 0 Å². The molecule has 6 heteroatoms. The summed E-state index contributed by atoms with van der Waals surface area (Å²) in [4.78, 5) is 20.7. The highest BCUT2D eigenvalue weighted by molar-refractivity contribution is 5.91. The van der Waals surface area contributed by atoms with Crippen molar-refractivity contribution in [1.29, 1.82) is 0 Å². The average Bonchev–Trinajstić information content (AvgIpc) is 2.76. The number of hydrogen-bond donors (Lipinski definition) is 4. The molecule has 0 unspecified atom stereocenters. The van der Waals surface area contributed by atoms with Crippen LogP contribution in [0.3, 0.4) is 0 Å². The van der Waals surface area contributed by atoms with E-state index < -0.39 is 11.9 Å². The molecule has 158 valence electrons. The number of carboxylic acids is 2. The number of aliphatic hydroxyl groups is 2. The maximum Gasteiger partial charge on any atom is 0.335 e. The molecule has 0 bridgehead atoms. The SMILES string of the molecule is C1CCCCC1.O=C(O)c1ccc(C(=O)O)cc1.OCC1(CO)CCCCC1. The minimum atomic E-state index is -1.06. The van der Waals surface area contributed by atoms with Crippen LogP contribution < -0.4 is 0 Å². The normalized spacial score (nSPS) is 17.9. The first kappa shape index (κ1) is 24.1. The number of carboxylic acid groups (broad SMARTS) is 2. The molecule has 0 saturated heterocycles. The second-order valence-corrected chi connectivity index (χ2v) is 7.69. The molecule has 2 aliphatic rings. The predicted octanol–water partition coefficient (Wildman–Crippen LogP) is 4.35. The fourth-order valence-electron chi connectivity index (χ4n) is 3.48. The zero-order valence-corrected chi connectivity index (χ0v) is 16.6. The third kappa shape index (κ3) is 8.85. The second-order valence-electron chi connectivity index (χ2n) is 7.69. The molecule has 1 aromatic rings. The van der Waals surface area contributed by atoms with Gasteiger partial charge in [-0.1, -0.05) is 57.8 Å². The van der Waals surface area contributed by atoms with Crippen molar-refractivity contribution in [3.05, 3.63) is 35.4 Å². The first-order valence-electron chi connectivity index (χ1n) is 10.2. The van der Waals surface area contributed by atoms with E-state index in [4.69, 9.17) is 20.4 Å². The smallest absolute Gasteiger partial charge is 0.335 e. The van der Waals surface area contributed by atoms with Crippen molar-refractivity contribution in [3.63, 3.8) is 0 Å². The quantitative estimate of drug-likeness (QED) is 0.604. The second kappa shape index (κ2) is 13.3.